The molecule has 3 amide bonds. The van der Waals surface area contributed by atoms with Crippen molar-refractivity contribution in [2.45, 2.75) is 37.2 Å². The minimum absolute atomic E-state index is 0.167. The van der Waals surface area contributed by atoms with Crippen molar-refractivity contribution in [3.8, 4) is 0 Å². The highest BCUT2D eigenvalue weighted by atomic mass is 35.5. The molecule has 42 heavy (non-hydrogen) atoms. The van der Waals surface area contributed by atoms with Gasteiger partial charge >= 0.3 is 0 Å². The number of carbonyl (C=O) groups excluding carboxylic acids is 3. The van der Waals surface area contributed by atoms with Crippen LogP contribution in [-0.2, 0) is 20.6 Å². The summed E-state index contributed by atoms with van der Waals surface area (Å²) in [7, 11) is -0.344. The number of hydrogen-bond acceptors (Lipinski definition) is 6. The summed E-state index contributed by atoms with van der Waals surface area (Å²) in [6.07, 6.45) is 0.477. The molecule has 1 saturated heterocycles. The van der Waals surface area contributed by atoms with E-state index in [0.717, 1.165) is 10.1 Å². The zero-order valence-electron chi connectivity index (χ0n) is 23.6. The lowest BCUT2D eigenvalue weighted by atomic mass is 10.0. The van der Waals surface area contributed by atoms with Crippen LogP contribution >= 0.6 is 34.5 Å². The number of piperazine rings is 1. The first-order chi connectivity index (χ1) is 20.0. The van der Waals surface area contributed by atoms with Crippen LogP contribution in [0.5, 0.6) is 0 Å². The molecule has 2 aromatic carbocycles. The zero-order chi connectivity index (χ0) is 30.6. The first kappa shape index (κ1) is 32.4. The van der Waals surface area contributed by atoms with Gasteiger partial charge in [0.15, 0.2) is 0 Å². The second kappa shape index (κ2) is 14.3. The van der Waals surface area contributed by atoms with Crippen LogP contribution in [0.1, 0.15) is 29.9 Å². The topological polar surface area (TPSA) is 110 Å². The molecule has 1 aromatic heterocycles. The molecule has 0 bridgehead atoms. The SMILES string of the molecule is CC(C)C[C@H](NC(=O)c1cc2ccccc2s1)C(=O)N1CCN(C(=O)[C@H](CO)N(C)S(=O)c2ccc(Cl)cc2Cl)CC1. The Labute approximate surface area is 262 Å². The van der Waals surface area contributed by atoms with E-state index in [4.69, 9.17) is 23.2 Å². The Morgan fingerprint density at radius 2 is 1.67 bits per heavy atom. The van der Waals surface area contributed by atoms with Gasteiger partial charge < -0.3 is 20.2 Å². The van der Waals surface area contributed by atoms with E-state index in [-0.39, 0.29) is 53.8 Å². The average Bonchev–Trinajstić information content (AvgIpc) is 3.41. The number of fused-ring (bicyclic) bond motifs is 1. The van der Waals surface area contributed by atoms with Crippen LogP contribution in [0.15, 0.2) is 53.4 Å². The van der Waals surface area contributed by atoms with Crippen LogP contribution in [0.2, 0.25) is 10.0 Å². The van der Waals surface area contributed by atoms with Gasteiger partial charge in [-0.3, -0.25) is 14.4 Å². The van der Waals surface area contributed by atoms with Crippen molar-refractivity contribution in [2.24, 2.45) is 5.92 Å². The van der Waals surface area contributed by atoms with Gasteiger partial charge in [-0.2, -0.15) is 0 Å². The Hall–Kier alpha value is -2.54. The third-order valence-electron chi connectivity index (χ3n) is 7.10. The number of halogens is 2. The lowest BCUT2D eigenvalue weighted by molar-refractivity contribution is -0.143. The molecule has 4 rings (SSSR count). The van der Waals surface area contributed by atoms with Crippen molar-refractivity contribution in [1.29, 1.82) is 0 Å². The fraction of sp³-hybridized carbons (Fsp3) is 0.414. The van der Waals surface area contributed by atoms with Crippen LogP contribution in [0.4, 0.5) is 0 Å². The predicted octanol–water partition coefficient (Wildman–Crippen LogP) is 4.04. The van der Waals surface area contributed by atoms with E-state index in [1.165, 1.54) is 34.8 Å². The molecule has 9 nitrogen and oxygen atoms in total. The summed E-state index contributed by atoms with van der Waals surface area (Å²) in [4.78, 5) is 44.0. The van der Waals surface area contributed by atoms with Crippen molar-refractivity contribution >= 4 is 73.3 Å². The van der Waals surface area contributed by atoms with Gasteiger partial charge in [0.2, 0.25) is 11.8 Å². The maximum atomic E-state index is 13.6. The lowest BCUT2D eigenvalue weighted by Crippen LogP contribution is -2.59. The summed E-state index contributed by atoms with van der Waals surface area (Å²) < 4.78 is 15.4. The lowest BCUT2D eigenvalue weighted by Gasteiger charge is -2.38. The molecule has 0 spiro atoms. The first-order valence-electron chi connectivity index (χ1n) is 13.6. The summed E-state index contributed by atoms with van der Waals surface area (Å²) in [6.45, 7) is 4.46. The number of aliphatic hydroxyl groups excluding tert-OH is 1. The van der Waals surface area contributed by atoms with Crippen molar-refractivity contribution in [2.75, 3.05) is 39.8 Å². The summed E-state index contributed by atoms with van der Waals surface area (Å²) >= 11 is 13.5. The minimum Gasteiger partial charge on any atom is -0.394 e. The zero-order valence-corrected chi connectivity index (χ0v) is 26.7. The molecule has 2 heterocycles. The van der Waals surface area contributed by atoms with Gasteiger partial charge in [0.05, 0.1) is 21.4 Å². The fourth-order valence-electron chi connectivity index (χ4n) is 4.83. The summed E-state index contributed by atoms with van der Waals surface area (Å²) in [6, 6.07) is 12.3. The van der Waals surface area contributed by atoms with Crippen LogP contribution < -0.4 is 5.32 Å². The van der Waals surface area contributed by atoms with E-state index in [2.05, 4.69) is 5.32 Å². The molecule has 1 fully saturated rings. The van der Waals surface area contributed by atoms with Crippen LogP contribution in [0, 0.1) is 5.92 Å². The second-order valence-electron chi connectivity index (χ2n) is 10.5. The molecule has 226 valence electrons. The Morgan fingerprint density at radius 1 is 1.02 bits per heavy atom. The van der Waals surface area contributed by atoms with Crippen molar-refractivity contribution in [3.63, 3.8) is 0 Å². The molecule has 3 atom stereocenters. The number of nitrogens with zero attached hydrogens (tertiary/aromatic N) is 3. The van der Waals surface area contributed by atoms with E-state index >= 15 is 0 Å². The molecule has 2 N–H and O–H groups in total. The third-order valence-corrected chi connectivity index (χ3v) is 10.4. The number of thiophene rings is 1. The van der Waals surface area contributed by atoms with E-state index < -0.39 is 35.6 Å². The number of carbonyl (C=O) groups is 3. The number of aliphatic hydroxyl groups is 1. The van der Waals surface area contributed by atoms with Crippen LogP contribution in [0.25, 0.3) is 10.1 Å². The predicted molar refractivity (Wildman–Crippen MR) is 167 cm³/mol. The number of rotatable bonds is 10. The Bertz CT molecular complexity index is 1440. The van der Waals surface area contributed by atoms with Gasteiger partial charge in [0.25, 0.3) is 5.91 Å². The summed E-state index contributed by atoms with van der Waals surface area (Å²) in [5.74, 6) is -0.714. The van der Waals surface area contributed by atoms with Crippen LogP contribution in [0.3, 0.4) is 0 Å². The third kappa shape index (κ3) is 7.50. The molecule has 0 aliphatic carbocycles. The maximum Gasteiger partial charge on any atom is 0.262 e. The number of benzene rings is 2. The monoisotopic (exact) mass is 652 g/mol. The highest BCUT2D eigenvalue weighted by molar-refractivity contribution is 7.82. The Balaban J connectivity index is 1.38. The molecular weight excluding hydrogens is 619 g/mol. The first-order valence-corrected chi connectivity index (χ1v) is 16.3. The Kier molecular flexibility index (Phi) is 11.0. The highest BCUT2D eigenvalue weighted by Crippen LogP contribution is 2.27. The van der Waals surface area contributed by atoms with E-state index in [9.17, 15) is 23.7 Å². The molecule has 1 unspecified atom stereocenters. The molecule has 1 aliphatic rings. The summed E-state index contributed by atoms with van der Waals surface area (Å²) in [5, 5.41) is 14.6. The maximum absolute atomic E-state index is 13.6. The van der Waals surface area contributed by atoms with E-state index in [1.807, 2.05) is 44.2 Å². The Morgan fingerprint density at radius 3 is 2.26 bits per heavy atom. The van der Waals surface area contributed by atoms with Gasteiger partial charge in [-0.05, 0) is 48.1 Å². The quantitative estimate of drug-likeness (QED) is 0.344. The minimum atomic E-state index is -1.83. The second-order valence-corrected chi connectivity index (χ2v) is 14.0. The van der Waals surface area contributed by atoms with Gasteiger partial charge in [0.1, 0.15) is 23.1 Å². The molecule has 13 heteroatoms. The average molecular weight is 654 g/mol. The summed E-state index contributed by atoms with van der Waals surface area (Å²) in [5.41, 5.74) is 0. The van der Waals surface area contributed by atoms with Crippen molar-refractivity contribution in [1.82, 2.24) is 19.4 Å². The van der Waals surface area contributed by atoms with Gasteiger partial charge in [-0.1, -0.05) is 55.2 Å². The van der Waals surface area contributed by atoms with Crippen LogP contribution in [-0.4, -0.2) is 93.1 Å². The molecule has 0 radical (unpaired) electrons. The van der Waals surface area contributed by atoms with Gasteiger partial charge in [-0.25, -0.2) is 8.51 Å². The fourth-order valence-corrected chi connectivity index (χ4v) is 7.51. The molecule has 3 aromatic rings. The molecule has 1 aliphatic heterocycles. The van der Waals surface area contributed by atoms with E-state index in [1.54, 1.807) is 15.9 Å². The van der Waals surface area contributed by atoms with Gasteiger partial charge in [0, 0.05) is 42.9 Å². The number of amides is 3. The largest absolute Gasteiger partial charge is 0.394 e. The van der Waals surface area contributed by atoms with Crippen molar-refractivity contribution < 1.29 is 23.7 Å². The number of likely N-dealkylation sites (N-methyl/N-ethyl adjacent to an activating group) is 1. The smallest absolute Gasteiger partial charge is 0.262 e. The van der Waals surface area contributed by atoms with Gasteiger partial charge in [-0.15, -0.1) is 11.3 Å². The van der Waals surface area contributed by atoms with Crippen molar-refractivity contribution in [3.05, 3.63) is 63.5 Å². The molecular formula is C29H34Cl2N4O5S2. The normalized spacial score (nSPS) is 16.1. The standard InChI is InChI=1S/C29H34Cl2N4O5S2/c1-18(2)14-22(32-27(37)25-15-19-6-4-5-7-24(19)41-25)28(38)34-10-12-35(13-11-34)29(39)23(17-36)33(3)42(40)26-9-8-20(30)16-21(26)31/h4-9,15-16,18,22-23,36H,10-14,17H2,1-3H3,(H,32,37)/t22-,23-,42?/m0/s1. The molecule has 0 saturated carbocycles. The van der Waals surface area contributed by atoms with E-state index in [0.29, 0.717) is 16.3 Å². The number of nitrogens with one attached hydrogen (secondary N) is 1. The number of hydrogen-bond donors (Lipinski definition) is 2. The highest BCUT2D eigenvalue weighted by Gasteiger charge is 2.35.